The van der Waals surface area contributed by atoms with E-state index in [1.807, 2.05) is 54.6 Å². The van der Waals surface area contributed by atoms with Gasteiger partial charge < -0.3 is 10.1 Å². The van der Waals surface area contributed by atoms with E-state index in [-0.39, 0.29) is 5.91 Å². The lowest BCUT2D eigenvalue weighted by molar-refractivity contribution is -0.127. The van der Waals surface area contributed by atoms with E-state index in [1.54, 1.807) is 18.7 Å². The van der Waals surface area contributed by atoms with Crippen molar-refractivity contribution < 1.29 is 9.53 Å². The molecule has 0 aliphatic rings. The van der Waals surface area contributed by atoms with Gasteiger partial charge in [0.2, 0.25) is 0 Å². The molecule has 1 N–H and O–H groups in total. The summed E-state index contributed by atoms with van der Waals surface area (Å²) in [6.45, 7) is 2.36. The number of hydrogen-bond donors (Lipinski definition) is 1. The van der Waals surface area contributed by atoms with Crippen LogP contribution < -0.4 is 10.1 Å². The standard InChI is InChI=1S/C18H20ClNO2S/c1-14(22-16-8-3-2-4-9-16)18(21)20-11-12-23-13-15-7-5-6-10-17(15)19/h2-10,14H,11-13H2,1H3,(H,20,21)/t14-/m1/s1. The first kappa shape index (κ1) is 17.7. The van der Waals surface area contributed by atoms with Gasteiger partial charge in [-0.25, -0.2) is 0 Å². The third kappa shape index (κ3) is 6.16. The second-order valence-corrected chi connectivity index (χ2v) is 6.52. The number of nitrogens with one attached hydrogen (secondary N) is 1. The summed E-state index contributed by atoms with van der Waals surface area (Å²) in [5.41, 5.74) is 1.12. The topological polar surface area (TPSA) is 38.3 Å². The molecule has 2 rings (SSSR count). The summed E-state index contributed by atoms with van der Waals surface area (Å²) in [5.74, 6) is 2.26. The molecule has 0 aromatic heterocycles. The number of ether oxygens (including phenoxy) is 1. The van der Waals surface area contributed by atoms with Crippen molar-refractivity contribution in [2.75, 3.05) is 12.3 Å². The average Bonchev–Trinajstić information content (AvgIpc) is 2.57. The van der Waals surface area contributed by atoms with Gasteiger partial charge in [0, 0.05) is 23.1 Å². The molecule has 0 bridgehead atoms. The van der Waals surface area contributed by atoms with E-state index in [0.717, 1.165) is 22.1 Å². The Labute approximate surface area is 146 Å². The molecule has 2 aromatic carbocycles. The molecule has 0 heterocycles. The molecular weight excluding hydrogens is 330 g/mol. The minimum atomic E-state index is -0.508. The zero-order valence-corrected chi connectivity index (χ0v) is 14.6. The van der Waals surface area contributed by atoms with Crippen molar-refractivity contribution >= 4 is 29.3 Å². The molecule has 0 radical (unpaired) electrons. The van der Waals surface area contributed by atoms with Crippen LogP contribution in [0.4, 0.5) is 0 Å². The molecule has 0 spiro atoms. The number of para-hydroxylation sites is 1. The highest BCUT2D eigenvalue weighted by atomic mass is 35.5. The highest BCUT2D eigenvalue weighted by Gasteiger charge is 2.13. The first-order valence-corrected chi connectivity index (χ1v) is 9.00. The van der Waals surface area contributed by atoms with E-state index in [0.29, 0.717) is 12.3 Å². The monoisotopic (exact) mass is 349 g/mol. The molecular formula is C18H20ClNO2S. The van der Waals surface area contributed by atoms with Crippen LogP contribution in [0.5, 0.6) is 5.75 Å². The molecule has 1 atom stereocenters. The van der Waals surface area contributed by atoms with Gasteiger partial charge in [0.25, 0.3) is 5.91 Å². The zero-order valence-electron chi connectivity index (χ0n) is 13.0. The van der Waals surface area contributed by atoms with Gasteiger partial charge in [-0.3, -0.25) is 4.79 Å². The minimum Gasteiger partial charge on any atom is -0.481 e. The lowest BCUT2D eigenvalue weighted by Gasteiger charge is -2.14. The predicted molar refractivity (Wildman–Crippen MR) is 97.2 cm³/mol. The summed E-state index contributed by atoms with van der Waals surface area (Å²) in [6, 6.07) is 17.2. The van der Waals surface area contributed by atoms with E-state index in [9.17, 15) is 4.79 Å². The highest BCUT2D eigenvalue weighted by Crippen LogP contribution is 2.20. The molecule has 0 saturated carbocycles. The predicted octanol–water partition coefficient (Wildman–Crippen LogP) is 4.16. The number of carbonyl (C=O) groups is 1. The molecule has 3 nitrogen and oxygen atoms in total. The van der Waals surface area contributed by atoms with Gasteiger partial charge >= 0.3 is 0 Å². The van der Waals surface area contributed by atoms with Gasteiger partial charge in [-0.05, 0) is 30.7 Å². The van der Waals surface area contributed by atoms with Crippen LogP contribution in [0.3, 0.4) is 0 Å². The molecule has 122 valence electrons. The van der Waals surface area contributed by atoms with Gasteiger partial charge in [-0.1, -0.05) is 48.0 Å². The fraction of sp³-hybridized carbons (Fsp3) is 0.278. The van der Waals surface area contributed by atoms with Crippen molar-refractivity contribution in [2.24, 2.45) is 0 Å². The van der Waals surface area contributed by atoms with Crippen LogP contribution in [-0.2, 0) is 10.5 Å². The maximum Gasteiger partial charge on any atom is 0.260 e. The maximum atomic E-state index is 12.0. The van der Waals surface area contributed by atoms with Crippen LogP contribution in [-0.4, -0.2) is 24.3 Å². The lowest BCUT2D eigenvalue weighted by Crippen LogP contribution is -2.37. The molecule has 1 amide bonds. The Kier molecular flexibility index (Phi) is 7.30. The smallest absolute Gasteiger partial charge is 0.260 e. The van der Waals surface area contributed by atoms with Crippen LogP contribution in [0.15, 0.2) is 54.6 Å². The van der Waals surface area contributed by atoms with Crippen LogP contribution in [0.2, 0.25) is 5.02 Å². The number of rotatable bonds is 8. The Balaban J connectivity index is 1.64. The lowest BCUT2D eigenvalue weighted by atomic mass is 10.2. The van der Waals surface area contributed by atoms with Gasteiger partial charge in [-0.15, -0.1) is 0 Å². The van der Waals surface area contributed by atoms with Crippen molar-refractivity contribution in [3.05, 3.63) is 65.2 Å². The van der Waals surface area contributed by atoms with E-state index >= 15 is 0 Å². The molecule has 0 fully saturated rings. The number of benzene rings is 2. The van der Waals surface area contributed by atoms with Gasteiger partial charge in [0.15, 0.2) is 6.10 Å². The first-order chi connectivity index (χ1) is 11.2. The Morgan fingerprint density at radius 3 is 2.61 bits per heavy atom. The fourth-order valence-electron chi connectivity index (χ4n) is 1.94. The number of hydrogen-bond acceptors (Lipinski definition) is 3. The molecule has 23 heavy (non-hydrogen) atoms. The summed E-state index contributed by atoms with van der Waals surface area (Å²) < 4.78 is 5.58. The van der Waals surface area contributed by atoms with Crippen molar-refractivity contribution in [3.8, 4) is 5.75 Å². The summed E-state index contributed by atoms with van der Waals surface area (Å²) in [6.07, 6.45) is -0.508. The Hall–Kier alpha value is -1.65. The van der Waals surface area contributed by atoms with E-state index in [4.69, 9.17) is 16.3 Å². The molecule has 2 aromatic rings. The Bertz CT molecular complexity index is 621. The maximum absolute atomic E-state index is 12.0. The van der Waals surface area contributed by atoms with Crippen LogP contribution in [0.1, 0.15) is 12.5 Å². The second-order valence-electron chi connectivity index (χ2n) is 5.01. The molecule has 5 heteroatoms. The Morgan fingerprint density at radius 2 is 1.87 bits per heavy atom. The van der Waals surface area contributed by atoms with E-state index in [1.165, 1.54) is 0 Å². The minimum absolute atomic E-state index is 0.104. The van der Waals surface area contributed by atoms with Crippen LogP contribution >= 0.6 is 23.4 Å². The molecule has 0 aliphatic heterocycles. The number of thioether (sulfide) groups is 1. The third-order valence-corrected chi connectivity index (χ3v) is 4.56. The van der Waals surface area contributed by atoms with Crippen molar-refractivity contribution in [1.29, 1.82) is 0 Å². The molecule has 0 saturated heterocycles. The molecule has 0 unspecified atom stereocenters. The quantitative estimate of drug-likeness (QED) is 0.727. The van der Waals surface area contributed by atoms with Crippen molar-refractivity contribution in [3.63, 3.8) is 0 Å². The van der Waals surface area contributed by atoms with Gasteiger partial charge in [-0.2, -0.15) is 11.8 Å². The van der Waals surface area contributed by atoms with Gasteiger partial charge in [0.05, 0.1) is 0 Å². The number of amides is 1. The normalized spacial score (nSPS) is 11.7. The summed E-state index contributed by atoms with van der Waals surface area (Å²) in [4.78, 5) is 12.0. The van der Waals surface area contributed by atoms with E-state index in [2.05, 4.69) is 5.32 Å². The average molecular weight is 350 g/mol. The summed E-state index contributed by atoms with van der Waals surface area (Å²) in [5, 5.41) is 3.67. The number of halogens is 1. The van der Waals surface area contributed by atoms with Crippen molar-refractivity contribution in [1.82, 2.24) is 5.32 Å². The Morgan fingerprint density at radius 1 is 1.17 bits per heavy atom. The second kappa shape index (κ2) is 9.48. The SMILES string of the molecule is C[C@@H](Oc1ccccc1)C(=O)NCCSCc1ccccc1Cl. The van der Waals surface area contributed by atoms with Crippen LogP contribution in [0, 0.1) is 0 Å². The largest absolute Gasteiger partial charge is 0.481 e. The van der Waals surface area contributed by atoms with Crippen LogP contribution in [0.25, 0.3) is 0 Å². The van der Waals surface area contributed by atoms with Crippen molar-refractivity contribution in [2.45, 2.75) is 18.8 Å². The zero-order chi connectivity index (χ0) is 16.5. The first-order valence-electron chi connectivity index (χ1n) is 7.47. The highest BCUT2D eigenvalue weighted by molar-refractivity contribution is 7.98. The summed E-state index contributed by atoms with van der Waals surface area (Å²) in [7, 11) is 0. The fourth-order valence-corrected chi connectivity index (χ4v) is 3.09. The van der Waals surface area contributed by atoms with E-state index < -0.39 is 6.10 Å². The third-order valence-electron chi connectivity index (χ3n) is 3.19. The molecule has 0 aliphatic carbocycles. The number of carbonyl (C=O) groups excluding carboxylic acids is 1. The summed E-state index contributed by atoms with van der Waals surface area (Å²) >= 11 is 7.84. The van der Waals surface area contributed by atoms with Gasteiger partial charge in [0.1, 0.15) is 5.75 Å².